The molecule has 2 heterocycles. The zero-order valence-electron chi connectivity index (χ0n) is 16.0. The van der Waals surface area contributed by atoms with E-state index in [0.717, 1.165) is 49.5 Å². The second-order valence-electron chi connectivity index (χ2n) is 7.31. The maximum atomic E-state index is 12.6. The molecule has 5 nitrogen and oxygen atoms in total. The van der Waals surface area contributed by atoms with Gasteiger partial charge in [-0.25, -0.2) is 0 Å². The van der Waals surface area contributed by atoms with E-state index in [9.17, 15) is 4.79 Å². The van der Waals surface area contributed by atoms with Gasteiger partial charge in [-0.2, -0.15) is 0 Å². The van der Waals surface area contributed by atoms with Gasteiger partial charge in [0.25, 0.3) is 0 Å². The number of Topliss-reactive ketones (excluding diaryl/α,β-unsaturated/α-hetero) is 1. The number of aromatic nitrogens is 1. The molecular weight excluding hydrogens is 350 g/mol. The first kappa shape index (κ1) is 18.6. The third-order valence-corrected chi connectivity index (χ3v) is 5.19. The lowest BCUT2D eigenvalue weighted by Gasteiger charge is -2.34. The fourth-order valence-electron chi connectivity index (χ4n) is 3.68. The maximum Gasteiger partial charge on any atom is 0.151 e. The predicted molar refractivity (Wildman–Crippen MR) is 109 cm³/mol. The van der Waals surface area contributed by atoms with Crippen molar-refractivity contribution in [1.82, 2.24) is 15.0 Å². The van der Waals surface area contributed by atoms with Gasteiger partial charge < -0.3 is 4.52 Å². The smallest absolute Gasteiger partial charge is 0.151 e. The minimum atomic E-state index is 0.205. The molecule has 2 aromatic carbocycles. The third kappa shape index (κ3) is 4.74. The Morgan fingerprint density at radius 3 is 2.25 bits per heavy atom. The summed E-state index contributed by atoms with van der Waals surface area (Å²) >= 11 is 0. The number of rotatable bonds is 7. The summed E-state index contributed by atoms with van der Waals surface area (Å²) < 4.78 is 5.14. The second kappa shape index (κ2) is 8.95. The molecule has 3 aromatic rings. The lowest BCUT2D eigenvalue weighted by molar-refractivity contribution is -0.120. The Morgan fingerprint density at radius 1 is 0.893 bits per heavy atom. The van der Waals surface area contributed by atoms with E-state index in [2.05, 4.69) is 39.2 Å². The summed E-state index contributed by atoms with van der Waals surface area (Å²) in [6.45, 7) is 5.29. The first-order valence-electron chi connectivity index (χ1n) is 9.77. The minimum Gasteiger partial charge on any atom is -0.364 e. The Hall–Kier alpha value is -2.76. The Kier molecular flexibility index (Phi) is 5.95. The van der Waals surface area contributed by atoms with E-state index < -0.39 is 0 Å². The molecule has 0 amide bonds. The zero-order valence-corrected chi connectivity index (χ0v) is 16.0. The molecule has 5 heteroatoms. The molecule has 0 radical (unpaired) electrons. The molecule has 0 aliphatic carbocycles. The SMILES string of the molecule is O=C(Cc1conc1-c1ccccc1)CN1CCN(Cc2ccccc2)CC1. The highest BCUT2D eigenvalue weighted by Crippen LogP contribution is 2.22. The van der Waals surface area contributed by atoms with Crippen LogP contribution in [0.2, 0.25) is 0 Å². The molecule has 0 unspecified atom stereocenters. The van der Waals surface area contributed by atoms with Crippen molar-refractivity contribution in [2.75, 3.05) is 32.7 Å². The number of hydrogen-bond acceptors (Lipinski definition) is 5. The normalized spacial score (nSPS) is 15.6. The Balaban J connectivity index is 1.27. The van der Waals surface area contributed by atoms with Gasteiger partial charge in [-0.3, -0.25) is 14.6 Å². The number of hydrogen-bond donors (Lipinski definition) is 0. The zero-order chi connectivity index (χ0) is 19.2. The van der Waals surface area contributed by atoms with Gasteiger partial charge in [0.15, 0.2) is 5.78 Å². The van der Waals surface area contributed by atoms with Crippen molar-refractivity contribution in [3.8, 4) is 11.3 Å². The van der Waals surface area contributed by atoms with Gasteiger partial charge in [-0.15, -0.1) is 0 Å². The highest BCUT2D eigenvalue weighted by Gasteiger charge is 2.20. The quantitative estimate of drug-likeness (QED) is 0.634. The van der Waals surface area contributed by atoms with Crippen molar-refractivity contribution >= 4 is 5.78 Å². The van der Waals surface area contributed by atoms with Crippen LogP contribution in [0, 0.1) is 0 Å². The first-order valence-corrected chi connectivity index (χ1v) is 9.77. The van der Waals surface area contributed by atoms with Crippen molar-refractivity contribution in [3.63, 3.8) is 0 Å². The fraction of sp³-hybridized carbons (Fsp3) is 0.304. The van der Waals surface area contributed by atoms with Crippen molar-refractivity contribution in [3.05, 3.63) is 78.1 Å². The molecule has 0 bridgehead atoms. The number of carbonyl (C=O) groups is 1. The van der Waals surface area contributed by atoms with Crippen LogP contribution in [0.3, 0.4) is 0 Å². The topological polar surface area (TPSA) is 49.6 Å². The summed E-state index contributed by atoms with van der Waals surface area (Å²) in [4.78, 5) is 17.3. The van der Waals surface area contributed by atoms with E-state index in [0.29, 0.717) is 13.0 Å². The van der Waals surface area contributed by atoms with Crippen molar-refractivity contribution in [1.29, 1.82) is 0 Å². The highest BCUT2D eigenvalue weighted by molar-refractivity contribution is 5.84. The lowest BCUT2D eigenvalue weighted by Crippen LogP contribution is -2.47. The van der Waals surface area contributed by atoms with Crippen LogP contribution < -0.4 is 0 Å². The van der Waals surface area contributed by atoms with Gasteiger partial charge in [-0.1, -0.05) is 65.8 Å². The van der Waals surface area contributed by atoms with Crippen molar-refractivity contribution in [2.24, 2.45) is 0 Å². The monoisotopic (exact) mass is 375 g/mol. The van der Waals surface area contributed by atoms with Gasteiger partial charge in [0.05, 0.1) is 6.54 Å². The van der Waals surface area contributed by atoms with Crippen molar-refractivity contribution in [2.45, 2.75) is 13.0 Å². The Bertz CT molecular complexity index is 884. The first-order chi connectivity index (χ1) is 13.8. The molecule has 1 aliphatic rings. The second-order valence-corrected chi connectivity index (χ2v) is 7.31. The largest absolute Gasteiger partial charge is 0.364 e. The van der Waals surface area contributed by atoms with E-state index >= 15 is 0 Å². The number of nitrogens with zero attached hydrogens (tertiary/aromatic N) is 3. The van der Waals surface area contributed by atoms with Gasteiger partial charge in [-0.05, 0) is 5.56 Å². The summed E-state index contributed by atoms with van der Waals surface area (Å²) in [5.74, 6) is 0.205. The summed E-state index contributed by atoms with van der Waals surface area (Å²) in [6.07, 6.45) is 1.95. The van der Waals surface area contributed by atoms with Crippen LogP contribution in [0.5, 0.6) is 0 Å². The maximum absolute atomic E-state index is 12.6. The van der Waals surface area contributed by atoms with E-state index in [-0.39, 0.29) is 5.78 Å². The molecule has 1 saturated heterocycles. The molecule has 28 heavy (non-hydrogen) atoms. The molecular formula is C23H25N3O2. The van der Waals surface area contributed by atoms with Crippen LogP contribution in [-0.4, -0.2) is 53.5 Å². The fourth-order valence-corrected chi connectivity index (χ4v) is 3.68. The van der Waals surface area contributed by atoms with Crippen LogP contribution >= 0.6 is 0 Å². The average Bonchev–Trinajstić information content (AvgIpc) is 3.19. The summed E-state index contributed by atoms with van der Waals surface area (Å²) in [5, 5.41) is 4.09. The average molecular weight is 375 g/mol. The molecule has 0 atom stereocenters. The van der Waals surface area contributed by atoms with Gasteiger partial charge in [0.2, 0.25) is 0 Å². The van der Waals surface area contributed by atoms with Crippen LogP contribution in [-0.2, 0) is 17.8 Å². The van der Waals surface area contributed by atoms with Crippen LogP contribution in [0.4, 0.5) is 0 Å². The molecule has 4 rings (SSSR count). The van der Waals surface area contributed by atoms with Gasteiger partial charge in [0, 0.05) is 50.3 Å². The number of benzene rings is 2. The summed E-state index contributed by atoms with van der Waals surface area (Å²) in [7, 11) is 0. The highest BCUT2D eigenvalue weighted by atomic mass is 16.5. The third-order valence-electron chi connectivity index (χ3n) is 5.19. The van der Waals surface area contributed by atoms with Crippen LogP contribution in [0.1, 0.15) is 11.1 Å². The van der Waals surface area contributed by atoms with E-state index in [1.807, 2.05) is 36.4 Å². The standard InChI is InChI=1S/C23H25N3O2/c27-22(15-21-18-28-24-23(21)20-9-5-2-6-10-20)17-26-13-11-25(12-14-26)16-19-7-3-1-4-8-19/h1-10,18H,11-17H2. The molecule has 1 aromatic heterocycles. The summed E-state index contributed by atoms with van der Waals surface area (Å²) in [5.41, 5.74) is 3.95. The molecule has 144 valence electrons. The summed E-state index contributed by atoms with van der Waals surface area (Å²) in [6, 6.07) is 20.4. The van der Waals surface area contributed by atoms with Gasteiger partial charge in [0.1, 0.15) is 12.0 Å². The number of piperazine rings is 1. The van der Waals surface area contributed by atoms with Gasteiger partial charge >= 0.3 is 0 Å². The molecule has 0 N–H and O–H groups in total. The molecule has 1 fully saturated rings. The van der Waals surface area contributed by atoms with Crippen LogP contribution in [0.15, 0.2) is 71.4 Å². The number of carbonyl (C=O) groups excluding carboxylic acids is 1. The van der Waals surface area contributed by atoms with Crippen LogP contribution in [0.25, 0.3) is 11.3 Å². The van der Waals surface area contributed by atoms with Crippen molar-refractivity contribution < 1.29 is 9.32 Å². The molecule has 0 saturated carbocycles. The molecule has 0 spiro atoms. The molecule has 1 aliphatic heterocycles. The Labute approximate surface area is 165 Å². The number of ketones is 1. The van der Waals surface area contributed by atoms with E-state index in [4.69, 9.17) is 4.52 Å². The van der Waals surface area contributed by atoms with E-state index in [1.54, 1.807) is 6.26 Å². The van der Waals surface area contributed by atoms with E-state index in [1.165, 1.54) is 5.56 Å². The predicted octanol–water partition coefficient (Wildman–Crippen LogP) is 3.27. The Morgan fingerprint density at radius 2 is 1.54 bits per heavy atom. The minimum absolute atomic E-state index is 0.205. The lowest BCUT2D eigenvalue weighted by atomic mass is 10.0.